The molecule has 0 bridgehead atoms. The van der Waals surface area contributed by atoms with Gasteiger partial charge in [-0.05, 0) is 20.3 Å². The molecule has 0 saturated carbocycles. The molecule has 0 aromatic rings. The molecule has 76 valence electrons. The molecule has 4 heteroatoms. The van der Waals surface area contributed by atoms with Gasteiger partial charge in [0.15, 0.2) is 0 Å². The fourth-order valence-corrected chi connectivity index (χ4v) is 1.80. The maximum Gasteiger partial charge on any atom is 0.251 e. The van der Waals surface area contributed by atoms with Gasteiger partial charge < -0.3 is 15.1 Å². The maximum atomic E-state index is 11.4. The minimum absolute atomic E-state index is 0.0482. The van der Waals surface area contributed by atoms with E-state index in [1.165, 1.54) is 6.92 Å². The first-order chi connectivity index (χ1) is 6.07. The topological polar surface area (TPSA) is 60.8 Å². The van der Waals surface area contributed by atoms with Gasteiger partial charge in [-0.3, -0.25) is 4.79 Å². The van der Waals surface area contributed by atoms with Gasteiger partial charge in [0.25, 0.3) is 5.91 Å². The lowest BCUT2D eigenvalue weighted by atomic mass is 10.0. The first-order valence-electron chi connectivity index (χ1n) is 4.67. The van der Waals surface area contributed by atoms with Crippen LogP contribution in [0.25, 0.3) is 0 Å². The van der Waals surface area contributed by atoms with E-state index in [2.05, 4.69) is 0 Å². The summed E-state index contributed by atoms with van der Waals surface area (Å²) < 4.78 is 0. The third-order valence-electron chi connectivity index (χ3n) is 2.79. The van der Waals surface area contributed by atoms with Crippen molar-refractivity contribution in [3.8, 4) is 0 Å². The molecule has 0 spiro atoms. The summed E-state index contributed by atoms with van der Waals surface area (Å²) in [6, 6.07) is 0.0482. The number of likely N-dealkylation sites (tertiary alicyclic amines) is 1. The number of hydrogen-bond acceptors (Lipinski definition) is 3. The van der Waals surface area contributed by atoms with Gasteiger partial charge in [0.05, 0.1) is 0 Å². The lowest BCUT2D eigenvalue weighted by Crippen LogP contribution is -2.41. The molecule has 1 amide bonds. The second-order valence-corrected chi connectivity index (χ2v) is 3.68. The van der Waals surface area contributed by atoms with Crippen molar-refractivity contribution in [2.24, 2.45) is 5.92 Å². The van der Waals surface area contributed by atoms with Gasteiger partial charge in [-0.15, -0.1) is 0 Å². The number of carbonyl (C=O) groups excluding carboxylic acids is 1. The Morgan fingerprint density at radius 2 is 2.31 bits per heavy atom. The Balaban J connectivity index is 2.59. The van der Waals surface area contributed by atoms with Crippen LogP contribution in [-0.2, 0) is 4.79 Å². The second kappa shape index (κ2) is 4.07. The van der Waals surface area contributed by atoms with E-state index in [9.17, 15) is 4.79 Å². The molecule has 13 heavy (non-hydrogen) atoms. The molecule has 3 unspecified atom stereocenters. The molecule has 1 aliphatic rings. The third kappa shape index (κ3) is 2.00. The molecule has 0 aromatic carbocycles. The van der Waals surface area contributed by atoms with Gasteiger partial charge in [0, 0.05) is 25.1 Å². The van der Waals surface area contributed by atoms with Gasteiger partial charge in [0.1, 0.15) is 6.10 Å². The monoisotopic (exact) mass is 187 g/mol. The largest absolute Gasteiger partial charge is 0.396 e. The lowest BCUT2D eigenvalue weighted by Gasteiger charge is -2.25. The Morgan fingerprint density at radius 3 is 2.69 bits per heavy atom. The van der Waals surface area contributed by atoms with E-state index in [0.29, 0.717) is 6.54 Å². The first-order valence-corrected chi connectivity index (χ1v) is 4.67. The maximum absolute atomic E-state index is 11.4. The summed E-state index contributed by atoms with van der Waals surface area (Å²) in [4.78, 5) is 13.1. The fraction of sp³-hybridized carbons (Fsp3) is 0.889. The molecular weight excluding hydrogens is 170 g/mol. The minimum Gasteiger partial charge on any atom is -0.396 e. The predicted molar refractivity (Wildman–Crippen MR) is 48.0 cm³/mol. The molecule has 2 N–H and O–H groups in total. The van der Waals surface area contributed by atoms with E-state index in [-0.39, 0.29) is 24.5 Å². The van der Waals surface area contributed by atoms with Gasteiger partial charge in [-0.2, -0.15) is 0 Å². The van der Waals surface area contributed by atoms with Crippen molar-refractivity contribution in [2.45, 2.75) is 32.4 Å². The number of hydrogen-bond donors (Lipinski definition) is 2. The van der Waals surface area contributed by atoms with Crippen molar-refractivity contribution in [1.29, 1.82) is 0 Å². The molecule has 0 aliphatic carbocycles. The number of carbonyl (C=O) groups is 1. The van der Waals surface area contributed by atoms with Gasteiger partial charge in [-0.25, -0.2) is 0 Å². The number of amides is 1. The van der Waals surface area contributed by atoms with Crippen molar-refractivity contribution in [3.05, 3.63) is 0 Å². The van der Waals surface area contributed by atoms with E-state index in [1.54, 1.807) is 4.90 Å². The molecule has 1 saturated heterocycles. The van der Waals surface area contributed by atoms with Gasteiger partial charge in [-0.1, -0.05) is 0 Å². The number of aliphatic hydroxyl groups excluding tert-OH is 2. The Bertz CT molecular complexity index is 193. The number of nitrogens with zero attached hydrogens (tertiary/aromatic N) is 1. The summed E-state index contributed by atoms with van der Waals surface area (Å²) in [7, 11) is 0. The first kappa shape index (κ1) is 10.5. The van der Waals surface area contributed by atoms with E-state index in [4.69, 9.17) is 10.2 Å². The molecule has 1 rings (SSSR count). The highest BCUT2D eigenvalue weighted by Crippen LogP contribution is 2.23. The molecule has 1 fully saturated rings. The zero-order valence-electron chi connectivity index (χ0n) is 8.10. The van der Waals surface area contributed by atoms with E-state index < -0.39 is 6.10 Å². The molecule has 0 radical (unpaired) electrons. The average molecular weight is 187 g/mol. The number of aliphatic hydroxyl groups is 2. The molecule has 3 atom stereocenters. The number of rotatable bonds is 2. The van der Waals surface area contributed by atoms with Crippen LogP contribution in [-0.4, -0.2) is 46.3 Å². The Morgan fingerprint density at radius 1 is 1.69 bits per heavy atom. The van der Waals surface area contributed by atoms with Crippen LogP contribution in [0.4, 0.5) is 0 Å². The van der Waals surface area contributed by atoms with Crippen molar-refractivity contribution in [1.82, 2.24) is 4.90 Å². The van der Waals surface area contributed by atoms with E-state index >= 15 is 0 Å². The quantitative estimate of drug-likeness (QED) is 0.618. The fourth-order valence-electron chi connectivity index (χ4n) is 1.80. The summed E-state index contributed by atoms with van der Waals surface area (Å²) in [5, 5.41) is 18.1. The Labute approximate surface area is 78.2 Å². The van der Waals surface area contributed by atoms with Crippen molar-refractivity contribution < 1.29 is 15.0 Å². The molecule has 0 aromatic heterocycles. The summed E-state index contributed by atoms with van der Waals surface area (Å²) in [5.41, 5.74) is 0. The van der Waals surface area contributed by atoms with Crippen LogP contribution in [0.15, 0.2) is 0 Å². The molecular formula is C9H17NO3. The zero-order chi connectivity index (χ0) is 10.0. The van der Waals surface area contributed by atoms with Crippen LogP contribution in [0.3, 0.4) is 0 Å². The van der Waals surface area contributed by atoms with Crippen molar-refractivity contribution in [3.63, 3.8) is 0 Å². The summed E-state index contributed by atoms with van der Waals surface area (Å²) >= 11 is 0. The third-order valence-corrected chi connectivity index (χ3v) is 2.79. The summed E-state index contributed by atoms with van der Waals surface area (Å²) in [6.45, 7) is 4.15. The van der Waals surface area contributed by atoms with E-state index in [1.807, 2.05) is 6.92 Å². The zero-order valence-corrected chi connectivity index (χ0v) is 8.10. The van der Waals surface area contributed by atoms with Gasteiger partial charge >= 0.3 is 0 Å². The van der Waals surface area contributed by atoms with Gasteiger partial charge in [0.2, 0.25) is 0 Å². The van der Waals surface area contributed by atoms with Crippen LogP contribution in [0.1, 0.15) is 20.3 Å². The highest BCUT2D eigenvalue weighted by Gasteiger charge is 2.34. The van der Waals surface area contributed by atoms with Crippen LogP contribution < -0.4 is 0 Å². The van der Waals surface area contributed by atoms with Crippen LogP contribution in [0.5, 0.6) is 0 Å². The standard InChI is InChI=1S/C9H17NO3/c1-6-8(5-11)3-4-10(6)9(13)7(2)12/h6-8,11-12H,3-5H2,1-2H3. The van der Waals surface area contributed by atoms with E-state index in [0.717, 1.165) is 6.42 Å². The molecule has 4 nitrogen and oxygen atoms in total. The smallest absolute Gasteiger partial charge is 0.251 e. The molecule has 1 aliphatic heterocycles. The van der Waals surface area contributed by atoms with Crippen LogP contribution in [0.2, 0.25) is 0 Å². The summed E-state index contributed by atoms with van der Waals surface area (Å²) in [5.74, 6) is -0.0638. The van der Waals surface area contributed by atoms with Crippen LogP contribution in [0, 0.1) is 5.92 Å². The predicted octanol–water partition coefficient (Wildman–Crippen LogP) is -0.403. The van der Waals surface area contributed by atoms with Crippen molar-refractivity contribution >= 4 is 5.91 Å². The highest BCUT2D eigenvalue weighted by molar-refractivity contribution is 5.80. The van der Waals surface area contributed by atoms with Crippen LogP contribution >= 0.6 is 0 Å². The molecule has 1 heterocycles. The lowest BCUT2D eigenvalue weighted by molar-refractivity contribution is -0.140. The summed E-state index contributed by atoms with van der Waals surface area (Å²) in [6.07, 6.45) is -0.101. The second-order valence-electron chi connectivity index (χ2n) is 3.68. The normalized spacial score (nSPS) is 30.6. The SMILES string of the molecule is CC(O)C(=O)N1CCC(CO)C1C. The van der Waals surface area contributed by atoms with Crippen molar-refractivity contribution in [2.75, 3.05) is 13.2 Å². The minimum atomic E-state index is -0.931. The average Bonchev–Trinajstić information content (AvgIpc) is 2.45. The Hall–Kier alpha value is -0.610. The Kier molecular flexibility index (Phi) is 3.27. The highest BCUT2D eigenvalue weighted by atomic mass is 16.3.